The topological polar surface area (TPSA) is 122 Å². The summed E-state index contributed by atoms with van der Waals surface area (Å²) in [5, 5.41) is 2.70. The van der Waals surface area contributed by atoms with Gasteiger partial charge in [0.1, 0.15) is 5.84 Å². The summed E-state index contributed by atoms with van der Waals surface area (Å²) in [6, 6.07) is 15.0. The van der Waals surface area contributed by atoms with Crippen LogP contribution in [0, 0.1) is 0 Å². The third-order valence-electron chi connectivity index (χ3n) is 5.16. The van der Waals surface area contributed by atoms with Crippen molar-refractivity contribution in [1.82, 2.24) is 4.90 Å². The molecule has 0 fully saturated rings. The SMILES string of the molecule is CC(=O)c1cccc(NC(=O)C(OC(=O)C2=CN3CCS(=O)(=O)N=C3C=C2)c2ccccc2)c1. The van der Waals surface area contributed by atoms with Gasteiger partial charge in [0, 0.05) is 29.6 Å². The van der Waals surface area contributed by atoms with E-state index in [1.165, 1.54) is 25.3 Å². The van der Waals surface area contributed by atoms with E-state index < -0.39 is 28.0 Å². The molecular formula is C24H21N3O6S. The minimum Gasteiger partial charge on any atom is -0.444 e. The first-order valence-electron chi connectivity index (χ1n) is 10.4. The van der Waals surface area contributed by atoms with E-state index in [4.69, 9.17) is 4.74 Å². The molecule has 1 atom stereocenters. The number of hydrogen-bond acceptors (Lipinski definition) is 7. The fraction of sp³-hybridized carbons (Fsp3) is 0.167. The van der Waals surface area contributed by atoms with Crippen molar-refractivity contribution in [3.8, 4) is 0 Å². The fourth-order valence-electron chi connectivity index (χ4n) is 3.42. The van der Waals surface area contributed by atoms with E-state index in [1.54, 1.807) is 59.5 Å². The molecule has 0 aliphatic carbocycles. The molecule has 0 saturated carbocycles. The standard InChI is InChI=1S/C24H21N3O6S/c1-16(28)18-8-5-9-20(14-18)25-23(29)22(17-6-3-2-4-7-17)33-24(30)19-10-11-21-26-34(31,32)13-12-27(21)15-19/h2-11,14-15,22H,12-13H2,1H3,(H,25,29). The van der Waals surface area contributed by atoms with E-state index in [1.807, 2.05) is 0 Å². The normalized spacial score (nSPS) is 17.0. The maximum absolute atomic E-state index is 13.1. The molecule has 0 spiro atoms. The van der Waals surface area contributed by atoms with Crippen LogP contribution < -0.4 is 5.32 Å². The van der Waals surface area contributed by atoms with Crippen molar-refractivity contribution in [2.45, 2.75) is 13.0 Å². The van der Waals surface area contributed by atoms with E-state index in [2.05, 4.69) is 9.71 Å². The van der Waals surface area contributed by atoms with Crippen molar-refractivity contribution in [1.29, 1.82) is 0 Å². The Morgan fingerprint density at radius 1 is 1.06 bits per heavy atom. The quantitative estimate of drug-likeness (QED) is 0.499. The summed E-state index contributed by atoms with van der Waals surface area (Å²) in [6.45, 7) is 1.58. The van der Waals surface area contributed by atoms with E-state index >= 15 is 0 Å². The van der Waals surface area contributed by atoms with Gasteiger partial charge >= 0.3 is 5.97 Å². The molecule has 1 amide bonds. The number of nitrogens with one attached hydrogen (secondary N) is 1. The summed E-state index contributed by atoms with van der Waals surface area (Å²) in [7, 11) is -3.52. The van der Waals surface area contributed by atoms with Crippen LogP contribution in [-0.2, 0) is 24.3 Å². The number of ketones is 1. The number of fused-ring (bicyclic) bond motifs is 1. The second kappa shape index (κ2) is 9.44. The minimum atomic E-state index is -3.52. The Morgan fingerprint density at radius 2 is 1.82 bits per heavy atom. The van der Waals surface area contributed by atoms with Crippen molar-refractivity contribution in [2.24, 2.45) is 4.40 Å². The van der Waals surface area contributed by atoms with Gasteiger partial charge in [-0.1, -0.05) is 42.5 Å². The van der Waals surface area contributed by atoms with Crippen molar-refractivity contribution >= 4 is 39.2 Å². The van der Waals surface area contributed by atoms with Crippen LogP contribution in [0.2, 0.25) is 0 Å². The van der Waals surface area contributed by atoms with Crippen molar-refractivity contribution < 1.29 is 27.5 Å². The van der Waals surface area contributed by atoms with Crippen LogP contribution >= 0.6 is 0 Å². The molecule has 1 N–H and O–H groups in total. The second-order valence-electron chi connectivity index (χ2n) is 7.67. The Hall–Kier alpha value is -4.05. The number of benzene rings is 2. The Balaban J connectivity index is 1.56. The highest BCUT2D eigenvalue weighted by Crippen LogP contribution is 2.24. The van der Waals surface area contributed by atoms with Crippen LogP contribution in [-0.4, -0.2) is 49.1 Å². The lowest BCUT2D eigenvalue weighted by molar-refractivity contribution is -0.150. The highest BCUT2D eigenvalue weighted by molar-refractivity contribution is 7.90. The summed E-state index contributed by atoms with van der Waals surface area (Å²) >= 11 is 0. The van der Waals surface area contributed by atoms with Crippen molar-refractivity contribution in [3.63, 3.8) is 0 Å². The first-order chi connectivity index (χ1) is 16.2. The number of hydrogen-bond donors (Lipinski definition) is 1. The number of anilines is 1. The smallest absolute Gasteiger partial charge is 0.340 e. The van der Waals surface area contributed by atoms with Crippen molar-refractivity contribution in [2.75, 3.05) is 17.6 Å². The van der Waals surface area contributed by atoms with E-state index in [-0.39, 0.29) is 29.5 Å². The third kappa shape index (κ3) is 5.29. The fourth-order valence-corrected chi connectivity index (χ4v) is 4.39. The Labute approximate surface area is 196 Å². The number of carbonyl (C=O) groups excluding carboxylic acids is 3. The largest absolute Gasteiger partial charge is 0.444 e. The highest BCUT2D eigenvalue weighted by Gasteiger charge is 2.29. The zero-order valence-electron chi connectivity index (χ0n) is 18.2. The summed E-state index contributed by atoms with van der Waals surface area (Å²) < 4.78 is 32.6. The lowest BCUT2D eigenvalue weighted by Gasteiger charge is -2.27. The molecule has 0 aromatic heterocycles. The van der Waals surface area contributed by atoms with Crippen LogP contribution in [0.5, 0.6) is 0 Å². The molecule has 2 aliphatic heterocycles. The Kier molecular flexibility index (Phi) is 6.42. The minimum absolute atomic E-state index is 0.144. The summed E-state index contributed by atoms with van der Waals surface area (Å²) in [5.74, 6) is -1.45. The van der Waals surface area contributed by atoms with Gasteiger partial charge in [0.2, 0.25) is 6.10 Å². The lowest BCUT2D eigenvalue weighted by Crippen LogP contribution is -2.37. The number of sulfonamides is 1. The average Bonchev–Trinajstić information content (AvgIpc) is 2.82. The zero-order valence-corrected chi connectivity index (χ0v) is 19.0. The van der Waals surface area contributed by atoms with Crippen LogP contribution in [0.4, 0.5) is 5.69 Å². The molecule has 10 heteroatoms. The molecule has 2 heterocycles. The molecule has 2 aromatic carbocycles. The monoisotopic (exact) mass is 479 g/mol. The number of esters is 1. The molecule has 34 heavy (non-hydrogen) atoms. The summed E-state index contributed by atoms with van der Waals surface area (Å²) in [6.07, 6.45) is 3.00. The van der Waals surface area contributed by atoms with Gasteiger partial charge in [0.25, 0.3) is 15.9 Å². The molecule has 2 aromatic rings. The number of Topliss-reactive ketones (excluding diaryl/α,β-unsaturated/α-hetero) is 1. The van der Waals surface area contributed by atoms with Crippen LogP contribution in [0.15, 0.2) is 82.9 Å². The van der Waals surface area contributed by atoms with Gasteiger partial charge in [0.15, 0.2) is 5.78 Å². The average molecular weight is 480 g/mol. The van der Waals surface area contributed by atoms with Gasteiger partial charge in [-0.15, -0.1) is 4.40 Å². The number of nitrogens with zero attached hydrogens (tertiary/aromatic N) is 2. The first-order valence-corrected chi connectivity index (χ1v) is 12.0. The third-order valence-corrected chi connectivity index (χ3v) is 6.33. The number of ether oxygens (including phenoxy) is 1. The second-order valence-corrected chi connectivity index (χ2v) is 9.42. The zero-order chi connectivity index (χ0) is 24.3. The van der Waals surface area contributed by atoms with Gasteiger partial charge < -0.3 is 15.0 Å². The lowest BCUT2D eigenvalue weighted by atomic mass is 10.1. The molecule has 9 nitrogen and oxygen atoms in total. The summed E-state index contributed by atoms with van der Waals surface area (Å²) in [5.41, 5.74) is 1.43. The number of amidine groups is 1. The van der Waals surface area contributed by atoms with Gasteiger partial charge in [0.05, 0.1) is 11.3 Å². The van der Waals surface area contributed by atoms with Gasteiger partial charge in [-0.3, -0.25) is 9.59 Å². The van der Waals surface area contributed by atoms with Crippen molar-refractivity contribution in [3.05, 3.63) is 89.6 Å². The van der Waals surface area contributed by atoms with E-state index in [0.717, 1.165) is 0 Å². The van der Waals surface area contributed by atoms with Gasteiger partial charge in [-0.2, -0.15) is 0 Å². The van der Waals surface area contributed by atoms with Crippen LogP contribution in [0.1, 0.15) is 28.9 Å². The molecule has 0 saturated heterocycles. The number of rotatable bonds is 6. The Bertz CT molecular complexity index is 1350. The van der Waals surface area contributed by atoms with Crippen LogP contribution in [0.25, 0.3) is 0 Å². The number of amides is 1. The maximum Gasteiger partial charge on any atom is 0.340 e. The number of carbonyl (C=O) groups is 3. The van der Waals surface area contributed by atoms with E-state index in [0.29, 0.717) is 16.8 Å². The molecule has 174 valence electrons. The summed E-state index contributed by atoms with van der Waals surface area (Å²) in [4.78, 5) is 39.2. The molecule has 2 aliphatic rings. The molecule has 1 unspecified atom stereocenters. The molecular weight excluding hydrogens is 458 g/mol. The van der Waals surface area contributed by atoms with Crippen LogP contribution in [0.3, 0.4) is 0 Å². The molecule has 0 radical (unpaired) electrons. The Morgan fingerprint density at radius 3 is 2.56 bits per heavy atom. The van der Waals surface area contributed by atoms with Gasteiger partial charge in [-0.25, -0.2) is 13.2 Å². The first kappa shape index (κ1) is 23.1. The van der Waals surface area contributed by atoms with E-state index in [9.17, 15) is 22.8 Å². The molecule has 0 bridgehead atoms. The van der Waals surface area contributed by atoms with Gasteiger partial charge in [-0.05, 0) is 31.2 Å². The maximum atomic E-state index is 13.1. The highest BCUT2D eigenvalue weighted by atomic mass is 32.2. The predicted octanol–water partition coefficient (Wildman–Crippen LogP) is 2.61. The molecule has 4 rings (SSSR count). The predicted molar refractivity (Wildman–Crippen MR) is 126 cm³/mol.